The quantitative estimate of drug-likeness (QED) is 0.651. The van der Waals surface area contributed by atoms with Crippen LogP contribution < -0.4 is 11.3 Å². The Morgan fingerprint density at radius 1 is 1.47 bits per heavy atom. The van der Waals surface area contributed by atoms with Crippen LogP contribution in [0.4, 0.5) is 4.39 Å². The van der Waals surface area contributed by atoms with Gasteiger partial charge in [-0.25, -0.2) is 4.39 Å². The summed E-state index contributed by atoms with van der Waals surface area (Å²) in [6.45, 7) is 2.30. The lowest BCUT2D eigenvalue weighted by atomic mass is 9.77. The molecule has 0 bridgehead atoms. The first-order chi connectivity index (χ1) is 9.10. The van der Waals surface area contributed by atoms with Gasteiger partial charge >= 0.3 is 0 Å². The topological polar surface area (TPSA) is 38.0 Å². The molecule has 0 aromatic heterocycles. The van der Waals surface area contributed by atoms with Gasteiger partial charge in [0.25, 0.3) is 0 Å². The maximum Gasteiger partial charge on any atom is 0.123 e. The summed E-state index contributed by atoms with van der Waals surface area (Å²) >= 11 is 3.49. The Kier molecular flexibility index (Phi) is 5.37. The van der Waals surface area contributed by atoms with E-state index in [0.29, 0.717) is 5.92 Å². The normalized spacial score (nSPS) is 25.3. The van der Waals surface area contributed by atoms with Crippen molar-refractivity contribution in [1.29, 1.82) is 0 Å². The van der Waals surface area contributed by atoms with Crippen LogP contribution in [0.5, 0.6) is 0 Å². The number of nitrogens with one attached hydrogen (secondary N) is 1. The van der Waals surface area contributed by atoms with Crippen LogP contribution in [0.1, 0.15) is 38.2 Å². The minimum absolute atomic E-state index is 0.189. The number of hydrazine groups is 1. The highest BCUT2D eigenvalue weighted by Gasteiger charge is 2.26. The molecule has 0 aliphatic heterocycles. The summed E-state index contributed by atoms with van der Waals surface area (Å²) in [6.07, 6.45) is 5.78. The molecule has 2 rings (SSSR count). The maximum atomic E-state index is 13.3. The lowest BCUT2D eigenvalue weighted by molar-refractivity contribution is 0.221. The molecule has 4 heteroatoms. The molecular weight excluding hydrogens is 307 g/mol. The van der Waals surface area contributed by atoms with Gasteiger partial charge in [0.2, 0.25) is 0 Å². The summed E-state index contributed by atoms with van der Waals surface area (Å²) in [4.78, 5) is 0. The first-order valence-electron chi connectivity index (χ1n) is 7.00. The molecule has 0 amide bonds. The third-order valence-electron chi connectivity index (χ3n) is 4.21. The van der Waals surface area contributed by atoms with Crippen molar-refractivity contribution in [2.45, 2.75) is 45.1 Å². The van der Waals surface area contributed by atoms with Gasteiger partial charge in [-0.05, 0) is 54.9 Å². The lowest BCUT2D eigenvalue weighted by Crippen LogP contribution is -2.44. The van der Waals surface area contributed by atoms with Gasteiger partial charge in [-0.1, -0.05) is 35.7 Å². The Bertz CT molecular complexity index is 425. The summed E-state index contributed by atoms with van der Waals surface area (Å²) in [5.74, 6) is 6.89. The zero-order valence-electron chi connectivity index (χ0n) is 11.3. The Morgan fingerprint density at radius 3 is 2.95 bits per heavy atom. The van der Waals surface area contributed by atoms with Gasteiger partial charge in [0, 0.05) is 10.5 Å². The van der Waals surface area contributed by atoms with Gasteiger partial charge in [-0.15, -0.1) is 0 Å². The van der Waals surface area contributed by atoms with Crippen molar-refractivity contribution in [3.8, 4) is 0 Å². The van der Waals surface area contributed by atoms with Crippen LogP contribution in [0.3, 0.4) is 0 Å². The summed E-state index contributed by atoms with van der Waals surface area (Å²) < 4.78 is 14.3. The third kappa shape index (κ3) is 4.01. The van der Waals surface area contributed by atoms with Gasteiger partial charge in [-0.3, -0.25) is 11.3 Å². The first kappa shape index (κ1) is 14.9. The van der Waals surface area contributed by atoms with Crippen LogP contribution in [-0.4, -0.2) is 6.04 Å². The fourth-order valence-corrected chi connectivity index (χ4v) is 3.55. The Labute approximate surface area is 123 Å². The standard InChI is InChI=1S/C15H22BrFN2/c1-10-3-2-4-11(7-10)15(19-18)9-12-8-13(17)5-6-14(12)16/h5-6,8,10-11,15,19H,2-4,7,9,18H2,1H3. The SMILES string of the molecule is CC1CCCC(C(Cc2cc(F)ccc2Br)NN)C1. The van der Waals surface area contributed by atoms with Crippen LogP contribution in [0.25, 0.3) is 0 Å². The van der Waals surface area contributed by atoms with Crippen molar-refractivity contribution in [2.24, 2.45) is 17.7 Å². The van der Waals surface area contributed by atoms with Crippen molar-refractivity contribution in [2.75, 3.05) is 0 Å². The fourth-order valence-electron chi connectivity index (χ4n) is 3.14. The maximum absolute atomic E-state index is 13.3. The monoisotopic (exact) mass is 328 g/mol. The molecule has 0 saturated heterocycles. The number of hydrogen-bond donors (Lipinski definition) is 2. The molecule has 1 aliphatic rings. The second kappa shape index (κ2) is 6.82. The van der Waals surface area contributed by atoms with Crippen molar-refractivity contribution in [3.63, 3.8) is 0 Å². The summed E-state index contributed by atoms with van der Waals surface area (Å²) in [5.41, 5.74) is 3.93. The molecule has 1 saturated carbocycles. The van der Waals surface area contributed by atoms with Gasteiger partial charge in [0.15, 0.2) is 0 Å². The number of rotatable bonds is 4. The van der Waals surface area contributed by atoms with Crippen LogP contribution >= 0.6 is 15.9 Å². The van der Waals surface area contributed by atoms with E-state index in [2.05, 4.69) is 28.3 Å². The van der Waals surface area contributed by atoms with E-state index in [1.165, 1.54) is 31.7 Å². The molecule has 0 heterocycles. The van der Waals surface area contributed by atoms with E-state index < -0.39 is 0 Å². The molecule has 2 nitrogen and oxygen atoms in total. The average molecular weight is 329 g/mol. The highest BCUT2D eigenvalue weighted by Crippen LogP contribution is 2.32. The molecule has 1 fully saturated rings. The van der Waals surface area contributed by atoms with E-state index >= 15 is 0 Å². The molecular formula is C15H22BrFN2. The summed E-state index contributed by atoms with van der Waals surface area (Å²) in [6, 6.07) is 5.06. The van der Waals surface area contributed by atoms with E-state index in [9.17, 15) is 4.39 Å². The molecule has 106 valence electrons. The highest BCUT2D eigenvalue weighted by atomic mass is 79.9. The molecule has 0 spiro atoms. The molecule has 1 aliphatic carbocycles. The lowest BCUT2D eigenvalue weighted by Gasteiger charge is -2.33. The Morgan fingerprint density at radius 2 is 2.26 bits per heavy atom. The van der Waals surface area contributed by atoms with Crippen LogP contribution in [0.2, 0.25) is 0 Å². The third-order valence-corrected chi connectivity index (χ3v) is 4.98. The average Bonchev–Trinajstić information content (AvgIpc) is 2.39. The van der Waals surface area contributed by atoms with Crippen LogP contribution in [0, 0.1) is 17.7 Å². The number of benzene rings is 1. The highest BCUT2D eigenvalue weighted by molar-refractivity contribution is 9.10. The number of hydrogen-bond acceptors (Lipinski definition) is 2. The summed E-state index contributed by atoms with van der Waals surface area (Å²) in [5, 5.41) is 0. The van der Waals surface area contributed by atoms with Crippen molar-refractivity contribution in [3.05, 3.63) is 34.1 Å². The summed E-state index contributed by atoms with van der Waals surface area (Å²) in [7, 11) is 0. The second-order valence-corrected chi connectivity index (χ2v) is 6.60. The van der Waals surface area contributed by atoms with Crippen LogP contribution in [-0.2, 0) is 6.42 Å². The predicted molar refractivity (Wildman–Crippen MR) is 80.0 cm³/mol. The minimum Gasteiger partial charge on any atom is -0.271 e. The van der Waals surface area contributed by atoms with E-state index in [1.807, 2.05) is 0 Å². The first-order valence-corrected chi connectivity index (χ1v) is 7.79. The van der Waals surface area contributed by atoms with Gasteiger partial charge < -0.3 is 0 Å². The molecule has 3 atom stereocenters. The fraction of sp³-hybridized carbons (Fsp3) is 0.600. The minimum atomic E-state index is -0.189. The van der Waals surface area contributed by atoms with E-state index in [0.717, 1.165) is 22.4 Å². The second-order valence-electron chi connectivity index (χ2n) is 5.74. The zero-order chi connectivity index (χ0) is 13.8. The largest absolute Gasteiger partial charge is 0.271 e. The van der Waals surface area contributed by atoms with E-state index in [-0.39, 0.29) is 11.9 Å². The smallest absolute Gasteiger partial charge is 0.123 e. The van der Waals surface area contributed by atoms with Gasteiger partial charge in [0.05, 0.1) is 0 Å². The number of halogens is 2. The molecule has 19 heavy (non-hydrogen) atoms. The van der Waals surface area contributed by atoms with Gasteiger partial charge in [-0.2, -0.15) is 0 Å². The molecule has 3 N–H and O–H groups in total. The molecule has 0 radical (unpaired) electrons. The molecule has 3 unspecified atom stereocenters. The zero-order valence-corrected chi connectivity index (χ0v) is 12.9. The Hall–Kier alpha value is -0.450. The van der Waals surface area contributed by atoms with Crippen LogP contribution in [0.15, 0.2) is 22.7 Å². The number of nitrogens with two attached hydrogens (primary N) is 1. The van der Waals surface area contributed by atoms with E-state index in [1.54, 1.807) is 12.1 Å². The predicted octanol–water partition coefficient (Wildman–Crippen LogP) is 3.79. The van der Waals surface area contributed by atoms with Crippen molar-refractivity contribution >= 4 is 15.9 Å². The Balaban J connectivity index is 2.07. The van der Waals surface area contributed by atoms with Crippen molar-refractivity contribution < 1.29 is 4.39 Å². The van der Waals surface area contributed by atoms with E-state index in [4.69, 9.17) is 5.84 Å². The van der Waals surface area contributed by atoms with Crippen molar-refractivity contribution in [1.82, 2.24) is 5.43 Å². The van der Waals surface area contributed by atoms with Gasteiger partial charge in [0.1, 0.15) is 5.82 Å². The molecule has 1 aromatic rings. The molecule has 1 aromatic carbocycles.